The minimum absolute atomic E-state index is 0.00926. The monoisotopic (exact) mass is 460 g/mol. The second-order valence-corrected chi connectivity index (χ2v) is 8.88. The number of Topliss-reactive ketones (excluding diaryl/α,β-unsaturated/α-hetero) is 1. The van der Waals surface area contributed by atoms with Crippen molar-refractivity contribution in [2.45, 2.75) is 91.9 Å². The Hall–Kier alpha value is -2.36. The normalized spacial score (nSPS) is 10.2. The lowest BCUT2D eigenvalue weighted by Gasteiger charge is -2.17. The second-order valence-electron chi connectivity index (χ2n) is 8.27. The molecule has 0 radical (unpaired) electrons. The van der Waals surface area contributed by atoms with Crippen molar-refractivity contribution >= 4 is 35.2 Å². The molecule has 0 aliphatic rings. The zero-order valence-electron chi connectivity index (χ0n) is 18.9. The summed E-state index contributed by atoms with van der Waals surface area (Å²) >= 11 is 1.03. The largest absolute Gasteiger partial charge is 0.481 e. The van der Waals surface area contributed by atoms with Crippen LogP contribution in [-0.2, 0) is 14.4 Å². The van der Waals surface area contributed by atoms with E-state index in [4.69, 9.17) is 15.3 Å². The van der Waals surface area contributed by atoms with Gasteiger partial charge in [-0.15, -0.1) is 5.10 Å². The van der Waals surface area contributed by atoms with Gasteiger partial charge in [-0.25, -0.2) is 4.79 Å². The van der Waals surface area contributed by atoms with E-state index in [2.05, 4.69) is 30.4 Å². The highest BCUT2D eigenvalue weighted by molar-refractivity contribution is 7.03. The summed E-state index contributed by atoms with van der Waals surface area (Å²) < 4.78 is 3.35. The first-order valence-electron chi connectivity index (χ1n) is 10.3. The molecule has 0 aliphatic heterocycles. The van der Waals surface area contributed by atoms with Crippen molar-refractivity contribution < 1.29 is 34.5 Å². The van der Waals surface area contributed by atoms with Gasteiger partial charge in [0.2, 0.25) is 0 Å². The molecule has 178 valence electrons. The van der Waals surface area contributed by atoms with Gasteiger partial charge in [0.15, 0.2) is 5.69 Å². The molecule has 1 aromatic rings. The van der Waals surface area contributed by atoms with E-state index in [1.54, 1.807) is 6.92 Å². The number of carboxylic acids is 3. The van der Waals surface area contributed by atoms with Crippen LogP contribution in [0.4, 0.5) is 0 Å². The molecule has 9 nitrogen and oxygen atoms in total. The van der Waals surface area contributed by atoms with Crippen LogP contribution in [0.1, 0.15) is 102 Å². The van der Waals surface area contributed by atoms with E-state index in [1.807, 2.05) is 0 Å². The molecule has 0 spiro atoms. The van der Waals surface area contributed by atoms with Crippen molar-refractivity contribution in [1.29, 1.82) is 0 Å². The lowest BCUT2D eigenvalue weighted by atomic mass is 9.89. The van der Waals surface area contributed by atoms with Crippen molar-refractivity contribution in [2.24, 2.45) is 5.41 Å². The SMILES string of the molecule is CC(=O)CCCCCC(=O)O.CC(C)(C)CCCCCC(=O)O.O=C(O)c1csnn1. The molecule has 0 unspecified atom stereocenters. The summed E-state index contributed by atoms with van der Waals surface area (Å²) in [6.45, 7) is 8.19. The number of rotatable bonds is 12. The van der Waals surface area contributed by atoms with Gasteiger partial charge >= 0.3 is 17.9 Å². The number of carboxylic acid groups (broad SMARTS) is 3. The van der Waals surface area contributed by atoms with Crippen molar-refractivity contribution in [3.63, 3.8) is 0 Å². The van der Waals surface area contributed by atoms with E-state index < -0.39 is 17.9 Å². The summed E-state index contributed by atoms with van der Waals surface area (Å²) in [5.41, 5.74) is 0.401. The molecule has 1 heterocycles. The van der Waals surface area contributed by atoms with Gasteiger partial charge in [-0.2, -0.15) is 0 Å². The maximum absolute atomic E-state index is 10.4. The zero-order valence-corrected chi connectivity index (χ0v) is 19.7. The van der Waals surface area contributed by atoms with Gasteiger partial charge in [-0.1, -0.05) is 44.5 Å². The maximum atomic E-state index is 10.4. The summed E-state index contributed by atoms with van der Waals surface area (Å²) in [7, 11) is 0. The van der Waals surface area contributed by atoms with Gasteiger partial charge in [0, 0.05) is 24.6 Å². The average Bonchev–Trinajstić information content (AvgIpc) is 3.15. The fourth-order valence-electron chi connectivity index (χ4n) is 2.19. The number of unbranched alkanes of at least 4 members (excludes halogenated alkanes) is 4. The number of carbonyl (C=O) groups excluding carboxylic acids is 1. The van der Waals surface area contributed by atoms with Crippen LogP contribution in [0.2, 0.25) is 0 Å². The van der Waals surface area contributed by atoms with E-state index in [-0.39, 0.29) is 17.9 Å². The number of hydrogen-bond acceptors (Lipinski definition) is 7. The summed E-state index contributed by atoms with van der Waals surface area (Å²) in [6, 6.07) is 0. The molecule has 1 rings (SSSR count). The van der Waals surface area contributed by atoms with Gasteiger partial charge in [-0.05, 0) is 49.6 Å². The molecule has 0 aromatic carbocycles. The van der Waals surface area contributed by atoms with E-state index in [0.717, 1.165) is 43.6 Å². The molecule has 0 saturated carbocycles. The molecular weight excluding hydrogens is 424 g/mol. The molecule has 0 saturated heterocycles. The third-order valence-electron chi connectivity index (χ3n) is 3.82. The quantitative estimate of drug-likeness (QED) is 0.369. The Kier molecular flexibility index (Phi) is 18.3. The number of carbonyl (C=O) groups is 4. The summed E-state index contributed by atoms with van der Waals surface area (Å²) in [5, 5.41) is 29.5. The van der Waals surface area contributed by atoms with E-state index >= 15 is 0 Å². The van der Waals surface area contributed by atoms with Crippen LogP contribution >= 0.6 is 11.5 Å². The second kappa shape index (κ2) is 18.4. The third-order valence-corrected chi connectivity index (χ3v) is 4.32. The average molecular weight is 461 g/mol. The molecule has 31 heavy (non-hydrogen) atoms. The Morgan fingerprint density at radius 1 is 0.839 bits per heavy atom. The molecular formula is C21H36N2O7S. The smallest absolute Gasteiger partial charge is 0.357 e. The van der Waals surface area contributed by atoms with Gasteiger partial charge in [0.1, 0.15) is 5.78 Å². The Morgan fingerprint density at radius 3 is 1.65 bits per heavy atom. The van der Waals surface area contributed by atoms with E-state index in [1.165, 1.54) is 11.8 Å². The Labute approximate surface area is 188 Å². The lowest BCUT2D eigenvalue weighted by molar-refractivity contribution is -0.138. The highest BCUT2D eigenvalue weighted by atomic mass is 32.1. The first-order valence-corrected chi connectivity index (χ1v) is 11.1. The summed E-state index contributed by atoms with van der Waals surface area (Å²) in [5.74, 6) is -2.28. The number of hydrogen-bond donors (Lipinski definition) is 3. The fourth-order valence-corrected chi connectivity index (χ4v) is 2.62. The number of nitrogens with zero attached hydrogens (tertiary/aromatic N) is 2. The Morgan fingerprint density at radius 2 is 1.32 bits per heavy atom. The molecule has 0 aliphatic carbocycles. The molecule has 10 heteroatoms. The third kappa shape index (κ3) is 27.6. The Bertz CT molecular complexity index is 625. The number of aromatic nitrogens is 2. The van der Waals surface area contributed by atoms with Crippen LogP contribution in [-0.4, -0.2) is 48.6 Å². The first-order chi connectivity index (χ1) is 14.3. The van der Waals surface area contributed by atoms with Crippen LogP contribution in [0, 0.1) is 5.41 Å². The van der Waals surface area contributed by atoms with Crippen LogP contribution in [0.5, 0.6) is 0 Å². The van der Waals surface area contributed by atoms with E-state index in [9.17, 15) is 19.2 Å². The Balaban J connectivity index is 0. The van der Waals surface area contributed by atoms with Gasteiger partial charge < -0.3 is 20.1 Å². The fraction of sp³-hybridized carbons (Fsp3) is 0.714. The number of ketones is 1. The number of aromatic carboxylic acids is 1. The molecule has 3 N–H and O–H groups in total. The highest BCUT2D eigenvalue weighted by Crippen LogP contribution is 2.22. The van der Waals surface area contributed by atoms with Crippen molar-refractivity contribution in [3.05, 3.63) is 11.1 Å². The van der Waals surface area contributed by atoms with Crippen molar-refractivity contribution in [3.8, 4) is 0 Å². The molecule has 0 amide bonds. The predicted molar refractivity (Wildman–Crippen MR) is 118 cm³/mol. The molecule has 0 bridgehead atoms. The maximum Gasteiger partial charge on any atom is 0.357 e. The van der Waals surface area contributed by atoms with Gasteiger partial charge in [-0.3, -0.25) is 9.59 Å². The van der Waals surface area contributed by atoms with Crippen molar-refractivity contribution in [2.75, 3.05) is 0 Å². The van der Waals surface area contributed by atoms with Crippen LogP contribution < -0.4 is 0 Å². The zero-order chi connectivity index (χ0) is 24.3. The summed E-state index contributed by atoms with van der Waals surface area (Å²) in [4.78, 5) is 40.6. The first kappa shape index (κ1) is 30.8. The molecule has 1 aromatic heterocycles. The van der Waals surface area contributed by atoms with Gasteiger partial charge in [0.05, 0.1) is 0 Å². The van der Waals surface area contributed by atoms with E-state index in [0.29, 0.717) is 24.7 Å². The topological polar surface area (TPSA) is 155 Å². The van der Waals surface area contributed by atoms with Crippen LogP contribution in [0.25, 0.3) is 0 Å². The number of aliphatic carboxylic acids is 2. The summed E-state index contributed by atoms with van der Waals surface area (Å²) in [6.07, 6.45) is 7.68. The van der Waals surface area contributed by atoms with Crippen LogP contribution in [0.15, 0.2) is 5.38 Å². The van der Waals surface area contributed by atoms with Gasteiger partial charge in [0.25, 0.3) is 0 Å². The predicted octanol–water partition coefficient (Wildman–Crippen LogP) is 4.91. The van der Waals surface area contributed by atoms with Crippen molar-refractivity contribution in [1.82, 2.24) is 9.59 Å². The molecule has 0 atom stereocenters. The highest BCUT2D eigenvalue weighted by Gasteiger charge is 2.08. The van der Waals surface area contributed by atoms with Crippen LogP contribution in [0.3, 0.4) is 0 Å². The minimum Gasteiger partial charge on any atom is -0.481 e. The molecule has 0 fully saturated rings. The standard InChI is InChI=1S/C10H20O2.C8H14O3.C3H2N2O2S/c1-10(2,3)8-6-4-5-7-9(11)12;1-7(9)5-3-2-4-6-8(10)11;6-3(7)2-1-8-5-4-2/h4-8H2,1-3H3,(H,11,12);2-6H2,1H3,(H,10,11);1H,(H,6,7). The minimum atomic E-state index is -1.03. The lowest BCUT2D eigenvalue weighted by Crippen LogP contribution is -2.04.